The zero-order valence-corrected chi connectivity index (χ0v) is 7.69. The molecule has 0 aromatic heterocycles. The molecule has 1 rings (SSSR count). The Kier molecular flexibility index (Phi) is 3.23. The number of hydrogen-bond acceptors (Lipinski definition) is 3. The molecule has 0 fully saturated rings. The van der Waals surface area contributed by atoms with Crippen LogP contribution in [-0.2, 0) is 14.3 Å². The Hall–Kier alpha value is -1.84. The molecule has 74 valence electrons. The first kappa shape index (κ1) is 10.2. The smallest absolute Gasteiger partial charge is 0.328 e. The van der Waals surface area contributed by atoms with Gasteiger partial charge in [-0.05, 0) is 17.7 Å². The van der Waals surface area contributed by atoms with Gasteiger partial charge in [0.15, 0.2) is 5.76 Å². The molecule has 0 unspecified atom stereocenters. The normalized spacial score (nSPS) is 16.5. The van der Waals surface area contributed by atoms with E-state index in [9.17, 15) is 9.59 Å². The number of hydrogen-bond donors (Lipinski definition) is 1. The second-order valence-corrected chi connectivity index (χ2v) is 2.72. The van der Waals surface area contributed by atoms with Crippen LogP contribution in [0.1, 0.15) is 6.42 Å². The van der Waals surface area contributed by atoms with E-state index in [-0.39, 0.29) is 18.0 Å². The van der Waals surface area contributed by atoms with Gasteiger partial charge in [-0.1, -0.05) is 6.08 Å². The van der Waals surface area contributed by atoms with E-state index >= 15 is 0 Å². The van der Waals surface area contributed by atoms with E-state index in [0.29, 0.717) is 5.57 Å². The minimum absolute atomic E-state index is 0.0972. The Bertz CT molecular complexity index is 347. The molecular formula is C10H10O4. The van der Waals surface area contributed by atoms with Crippen LogP contribution in [0, 0.1) is 0 Å². The molecule has 1 aliphatic rings. The van der Waals surface area contributed by atoms with Gasteiger partial charge in [-0.25, -0.2) is 4.79 Å². The van der Waals surface area contributed by atoms with Crippen molar-refractivity contribution in [1.82, 2.24) is 0 Å². The lowest BCUT2D eigenvalue weighted by atomic mass is 10.0. The molecule has 0 saturated heterocycles. The Morgan fingerprint density at radius 1 is 1.64 bits per heavy atom. The second kappa shape index (κ2) is 4.41. The van der Waals surface area contributed by atoms with E-state index in [0.717, 1.165) is 6.08 Å². The van der Waals surface area contributed by atoms with Crippen molar-refractivity contribution in [2.24, 2.45) is 0 Å². The van der Waals surface area contributed by atoms with Gasteiger partial charge in [0.2, 0.25) is 5.78 Å². The molecular weight excluding hydrogens is 184 g/mol. The Morgan fingerprint density at radius 2 is 2.36 bits per heavy atom. The van der Waals surface area contributed by atoms with E-state index in [4.69, 9.17) is 9.84 Å². The molecule has 0 heterocycles. The monoisotopic (exact) mass is 194 g/mol. The second-order valence-electron chi connectivity index (χ2n) is 2.72. The third kappa shape index (κ3) is 2.58. The minimum Gasteiger partial charge on any atom is -0.493 e. The molecule has 0 aliphatic heterocycles. The summed E-state index contributed by atoms with van der Waals surface area (Å²) in [7, 11) is 1.41. The molecule has 0 saturated carbocycles. The van der Waals surface area contributed by atoms with Crippen LogP contribution in [0.3, 0.4) is 0 Å². The number of ether oxygens (including phenoxy) is 1. The first-order valence-corrected chi connectivity index (χ1v) is 4.03. The maximum atomic E-state index is 11.1. The van der Waals surface area contributed by atoms with Gasteiger partial charge in [0, 0.05) is 12.5 Å². The lowest BCUT2D eigenvalue weighted by molar-refractivity contribution is -0.131. The Labute approximate surface area is 81.2 Å². The fraction of sp³-hybridized carbons (Fsp3) is 0.200. The van der Waals surface area contributed by atoms with Gasteiger partial charge in [-0.2, -0.15) is 0 Å². The molecule has 0 aromatic rings. The summed E-state index contributed by atoms with van der Waals surface area (Å²) in [5.41, 5.74) is 0.670. The summed E-state index contributed by atoms with van der Waals surface area (Å²) in [6.07, 6.45) is 5.87. The average Bonchev–Trinajstić information content (AvgIpc) is 2.16. The van der Waals surface area contributed by atoms with Crippen molar-refractivity contribution in [3.8, 4) is 0 Å². The van der Waals surface area contributed by atoms with Gasteiger partial charge in [-0.15, -0.1) is 0 Å². The molecule has 4 heteroatoms. The minimum atomic E-state index is -1.02. The zero-order chi connectivity index (χ0) is 10.6. The van der Waals surface area contributed by atoms with Crippen LogP contribution < -0.4 is 0 Å². The van der Waals surface area contributed by atoms with Crippen LogP contribution in [0.4, 0.5) is 0 Å². The molecule has 0 radical (unpaired) electrons. The number of aliphatic carboxylic acids is 1. The molecule has 0 amide bonds. The highest BCUT2D eigenvalue weighted by Crippen LogP contribution is 2.15. The maximum absolute atomic E-state index is 11.1. The molecule has 4 nitrogen and oxygen atoms in total. The summed E-state index contributed by atoms with van der Waals surface area (Å²) >= 11 is 0. The molecule has 14 heavy (non-hydrogen) atoms. The number of carbonyl (C=O) groups is 2. The predicted octanol–water partition coefficient (Wildman–Crippen LogP) is 1.06. The number of rotatable bonds is 3. The van der Waals surface area contributed by atoms with Crippen molar-refractivity contribution < 1.29 is 19.4 Å². The van der Waals surface area contributed by atoms with E-state index in [1.165, 1.54) is 19.3 Å². The fourth-order valence-corrected chi connectivity index (χ4v) is 1.06. The highest BCUT2D eigenvalue weighted by Gasteiger charge is 2.13. The number of carboxylic acid groups (broad SMARTS) is 1. The number of Topliss-reactive ketones (excluding diaryl/α,β-unsaturated/α-hetero) is 1. The molecule has 0 spiro atoms. The third-order valence-corrected chi connectivity index (χ3v) is 1.73. The fourth-order valence-electron chi connectivity index (χ4n) is 1.06. The molecule has 1 aliphatic carbocycles. The number of methoxy groups -OCH3 is 1. The van der Waals surface area contributed by atoms with Crippen LogP contribution in [-0.4, -0.2) is 24.0 Å². The number of allylic oxidation sites excluding steroid dienone is 5. The van der Waals surface area contributed by atoms with Crippen LogP contribution in [0.25, 0.3) is 0 Å². The number of carboxylic acids is 1. The SMILES string of the molecule is COC1=CC(C=CC(=O)O)=CCC1=O. The maximum Gasteiger partial charge on any atom is 0.328 e. The highest BCUT2D eigenvalue weighted by atomic mass is 16.5. The van der Waals surface area contributed by atoms with Gasteiger partial charge in [-0.3, -0.25) is 4.79 Å². The van der Waals surface area contributed by atoms with Gasteiger partial charge in [0.25, 0.3) is 0 Å². The first-order valence-electron chi connectivity index (χ1n) is 4.03. The van der Waals surface area contributed by atoms with Crippen molar-refractivity contribution in [3.05, 3.63) is 35.6 Å². The van der Waals surface area contributed by atoms with E-state index in [1.54, 1.807) is 6.08 Å². The van der Waals surface area contributed by atoms with Gasteiger partial charge < -0.3 is 9.84 Å². The topological polar surface area (TPSA) is 63.6 Å². The Morgan fingerprint density at radius 3 is 2.93 bits per heavy atom. The lowest BCUT2D eigenvalue weighted by Crippen LogP contribution is -2.07. The average molecular weight is 194 g/mol. The van der Waals surface area contributed by atoms with Crippen molar-refractivity contribution >= 4 is 11.8 Å². The van der Waals surface area contributed by atoms with Crippen molar-refractivity contribution in [3.63, 3.8) is 0 Å². The highest BCUT2D eigenvalue weighted by molar-refractivity contribution is 5.96. The summed E-state index contributed by atoms with van der Waals surface area (Å²) in [4.78, 5) is 21.4. The van der Waals surface area contributed by atoms with E-state index in [1.807, 2.05) is 0 Å². The summed E-state index contributed by atoms with van der Waals surface area (Å²) in [6.45, 7) is 0. The van der Waals surface area contributed by atoms with Crippen molar-refractivity contribution in [1.29, 1.82) is 0 Å². The zero-order valence-electron chi connectivity index (χ0n) is 7.69. The molecule has 0 aromatic carbocycles. The number of carbonyl (C=O) groups excluding carboxylic acids is 1. The number of ketones is 1. The van der Waals surface area contributed by atoms with Gasteiger partial charge in [0.1, 0.15) is 0 Å². The quantitative estimate of drug-likeness (QED) is 0.682. The summed E-state index contributed by atoms with van der Waals surface area (Å²) in [6, 6.07) is 0. The van der Waals surface area contributed by atoms with Crippen LogP contribution >= 0.6 is 0 Å². The molecule has 1 N–H and O–H groups in total. The Balaban J connectivity index is 2.79. The standard InChI is InChI=1S/C10H10O4/c1-14-9-6-7(2-4-8(9)11)3-5-10(12)13/h2-3,5-6H,4H2,1H3,(H,12,13). The largest absolute Gasteiger partial charge is 0.493 e. The summed E-state index contributed by atoms with van der Waals surface area (Å²) in [5.74, 6) is -0.854. The summed E-state index contributed by atoms with van der Waals surface area (Å²) in [5, 5.41) is 8.39. The summed E-state index contributed by atoms with van der Waals surface area (Å²) < 4.78 is 4.83. The molecule has 0 atom stereocenters. The van der Waals surface area contributed by atoms with Gasteiger partial charge in [0.05, 0.1) is 7.11 Å². The van der Waals surface area contributed by atoms with Crippen LogP contribution in [0.5, 0.6) is 0 Å². The third-order valence-electron chi connectivity index (χ3n) is 1.73. The first-order chi connectivity index (χ1) is 6.63. The van der Waals surface area contributed by atoms with Crippen molar-refractivity contribution in [2.75, 3.05) is 7.11 Å². The lowest BCUT2D eigenvalue weighted by Gasteiger charge is -2.08. The van der Waals surface area contributed by atoms with Gasteiger partial charge >= 0.3 is 5.97 Å². The van der Waals surface area contributed by atoms with E-state index in [2.05, 4.69) is 0 Å². The van der Waals surface area contributed by atoms with Crippen LogP contribution in [0.2, 0.25) is 0 Å². The van der Waals surface area contributed by atoms with Crippen LogP contribution in [0.15, 0.2) is 35.6 Å². The predicted molar refractivity (Wildman–Crippen MR) is 49.6 cm³/mol. The molecule has 0 bridgehead atoms. The van der Waals surface area contributed by atoms with Crippen molar-refractivity contribution in [2.45, 2.75) is 6.42 Å². The van der Waals surface area contributed by atoms with E-state index < -0.39 is 5.97 Å².